The van der Waals surface area contributed by atoms with Gasteiger partial charge in [0.15, 0.2) is 0 Å². The van der Waals surface area contributed by atoms with Gasteiger partial charge in [-0.15, -0.1) is 0 Å². The minimum Gasteiger partial charge on any atom is -0.309 e. The fourth-order valence-electron chi connectivity index (χ4n) is 8.38. The Bertz CT molecular complexity index is 3230. The molecule has 0 aliphatic carbocycles. The lowest BCUT2D eigenvalue weighted by Gasteiger charge is -2.12. The molecule has 0 aliphatic heterocycles. The van der Waals surface area contributed by atoms with E-state index in [1.165, 1.54) is 60.5 Å². The molecule has 0 saturated heterocycles. The number of nitrogens with zero attached hydrogens (tertiary/aromatic N) is 3. The molecule has 0 spiro atoms. The third kappa shape index (κ3) is 5.20. The van der Waals surface area contributed by atoms with Gasteiger partial charge in [0.05, 0.1) is 34.0 Å². The van der Waals surface area contributed by atoms with Gasteiger partial charge in [-0.05, 0) is 92.7 Å². The first-order valence-electron chi connectivity index (χ1n) is 18.7. The van der Waals surface area contributed by atoms with Gasteiger partial charge in [-0.25, -0.2) is 4.98 Å². The Morgan fingerprint density at radius 2 is 0.782 bits per heavy atom. The standard InChI is InChI=1S/C52H33N3/c1-2-19-41(20-3-1)55-49-26-9-8-23-44(49)47-32-39(27-28-50(47)55)37-16-11-14-35(30-37)34-13-10-15-36(29-34)38-17-12-18-40(31-38)48-33-53-51-45-24-6-4-21-42(45)43-22-5-7-25-46(43)52(51)54-48/h1-33H. The van der Waals surface area contributed by atoms with Crippen LogP contribution in [0.25, 0.3) is 105 Å². The van der Waals surface area contributed by atoms with Crippen LogP contribution >= 0.6 is 0 Å². The van der Waals surface area contributed by atoms with E-state index in [2.05, 4.69) is 199 Å². The molecular weight excluding hydrogens is 667 g/mol. The van der Waals surface area contributed by atoms with Crippen LogP contribution in [0, 0.1) is 0 Å². The van der Waals surface area contributed by atoms with Gasteiger partial charge in [0.25, 0.3) is 0 Å². The average Bonchev–Trinajstić information content (AvgIpc) is 3.60. The summed E-state index contributed by atoms with van der Waals surface area (Å²) in [5.74, 6) is 0. The molecular formula is C52H33N3. The van der Waals surface area contributed by atoms with Crippen LogP contribution in [0.4, 0.5) is 0 Å². The lowest BCUT2D eigenvalue weighted by Crippen LogP contribution is -1.92. The SMILES string of the molecule is c1ccc(-n2c3ccccc3c3cc(-c4cccc(-c5cccc(-c6cccc(-c7cnc8c9ccccc9c9ccccc9c8n7)c6)c5)c4)ccc32)cc1. The molecule has 0 aliphatic rings. The summed E-state index contributed by atoms with van der Waals surface area (Å²) < 4.78 is 2.36. The minimum absolute atomic E-state index is 0.863. The largest absolute Gasteiger partial charge is 0.309 e. The minimum atomic E-state index is 0.863. The summed E-state index contributed by atoms with van der Waals surface area (Å²) in [5, 5.41) is 7.15. The normalized spacial score (nSPS) is 11.6. The average molecular weight is 700 g/mol. The quantitative estimate of drug-likeness (QED) is 0.167. The van der Waals surface area contributed by atoms with Gasteiger partial charge in [-0.3, -0.25) is 4.98 Å². The first kappa shape index (κ1) is 31.2. The molecule has 9 aromatic carbocycles. The molecule has 55 heavy (non-hydrogen) atoms. The molecule has 0 bridgehead atoms. The van der Waals surface area contributed by atoms with E-state index >= 15 is 0 Å². The Morgan fingerprint density at radius 3 is 1.42 bits per heavy atom. The number of fused-ring (bicyclic) bond motifs is 9. The summed E-state index contributed by atoms with van der Waals surface area (Å²) in [5.41, 5.74) is 14.4. The molecule has 0 amide bonds. The molecule has 0 atom stereocenters. The van der Waals surface area contributed by atoms with E-state index in [0.717, 1.165) is 44.2 Å². The van der Waals surface area contributed by atoms with Crippen LogP contribution in [0.2, 0.25) is 0 Å². The second kappa shape index (κ2) is 12.6. The molecule has 11 rings (SSSR count). The van der Waals surface area contributed by atoms with Gasteiger partial charge < -0.3 is 4.57 Å². The Kier molecular flexibility index (Phi) is 7.17. The maximum atomic E-state index is 5.25. The van der Waals surface area contributed by atoms with E-state index in [0.29, 0.717) is 0 Å². The summed E-state index contributed by atoms with van der Waals surface area (Å²) in [6.07, 6.45) is 1.92. The molecule has 0 unspecified atom stereocenters. The van der Waals surface area contributed by atoms with Crippen LogP contribution in [0.15, 0.2) is 200 Å². The fourth-order valence-corrected chi connectivity index (χ4v) is 8.38. The summed E-state index contributed by atoms with van der Waals surface area (Å²) in [7, 11) is 0. The molecule has 3 heteroatoms. The monoisotopic (exact) mass is 699 g/mol. The van der Waals surface area contributed by atoms with Gasteiger partial charge in [0.1, 0.15) is 0 Å². The van der Waals surface area contributed by atoms with Gasteiger partial charge >= 0.3 is 0 Å². The van der Waals surface area contributed by atoms with Gasteiger partial charge in [-0.2, -0.15) is 0 Å². The molecule has 0 N–H and O–H groups in total. The fraction of sp³-hybridized carbons (Fsp3) is 0. The molecule has 11 aromatic rings. The van der Waals surface area contributed by atoms with Crippen molar-refractivity contribution in [2.75, 3.05) is 0 Å². The highest BCUT2D eigenvalue weighted by Gasteiger charge is 2.15. The summed E-state index contributed by atoms with van der Waals surface area (Å²) in [6.45, 7) is 0. The van der Waals surface area contributed by atoms with Crippen molar-refractivity contribution >= 4 is 54.4 Å². The van der Waals surface area contributed by atoms with Crippen molar-refractivity contribution in [2.24, 2.45) is 0 Å². The number of para-hydroxylation sites is 2. The van der Waals surface area contributed by atoms with Crippen molar-refractivity contribution in [1.29, 1.82) is 0 Å². The van der Waals surface area contributed by atoms with Crippen LogP contribution in [-0.2, 0) is 0 Å². The van der Waals surface area contributed by atoms with Crippen LogP contribution < -0.4 is 0 Å². The van der Waals surface area contributed by atoms with E-state index in [9.17, 15) is 0 Å². The lowest BCUT2D eigenvalue weighted by molar-refractivity contribution is 1.18. The first-order chi connectivity index (χ1) is 27.3. The van der Waals surface area contributed by atoms with E-state index < -0.39 is 0 Å². The smallest absolute Gasteiger partial charge is 0.0979 e. The summed E-state index contributed by atoms with van der Waals surface area (Å²) >= 11 is 0. The zero-order valence-electron chi connectivity index (χ0n) is 29.9. The van der Waals surface area contributed by atoms with Crippen molar-refractivity contribution < 1.29 is 0 Å². The third-order valence-corrected chi connectivity index (χ3v) is 11.0. The lowest BCUT2D eigenvalue weighted by atomic mass is 9.95. The summed E-state index contributed by atoms with van der Waals surface area (Å²) in [4.78, 5) is 10.3. The second-order valence-corrected chi connectivity index (χ2v) is 14.2. The number of hydrogen-bond acceptors (Lipinski definition) is 2. The molecule has 2 heterocycles. The van der Waals surface area contributed by atoms with Crippen molar-refractivity contribution in [1.82, 2.24) is 14.5 Å². The first-order valence-corrected chi connectivity index (χ1v) is 18.7. The van der Waals surface area contributed by atoms with E-state index in [4.69, 9.17) is 9.97 Å². The topological polar surface area (TPSA) is 30.7 Å². The van der Waals surface area contributed by atoms with E-state index in [-0.39, 0.29) is 0 Å². The van der Waals surface area contributed by atoms with Crippen molar-refractivity contribution in [3.05, 3.63) is 200 Å². The van der Waals surface area contributed by atoms with Crippen molar-refractivity contribution in [3.8, 4) is 50.3 Å². The van der Waals surface area contributed by atoms with E-state index in [1.54, 1.807) is 0 Å². The zero-order chi connectivity index (χ0) is 36.3. The number of aromatic nitrogens is 3. The van der Waals surface area contributed by atoms with Crippen molar-refractivity contribution in [2.45, 2.75) is 0 Å². The maximum Gasteiger partial charge on any atom is 0.0979 e. The Hall–Kier alpha value is -7.36. The number of rotatable bonds is 5. The van der Waals surface area contributed by atoms with Crippen molar-refractivity contribution in [3.63, 3.8) is 0 Å². The van der Waals surface area contributed by atoms with Crippen LogP contribution in [0.5, 0.6) is 0 Å². The molecule has 0 radical (unpaired) electrons. The van der Waals surface area contributed by atoms with Gasteiger partial charge in [0.2, 0.25) is 0 Å². The Balaban J connectivity index is 0.956. The highest BCUT2D eigenvalue weighted by Crippen LogP contribution is 2.38. The van der Waals surface area contributed by atoms with E-state index in [1.807, 2.05) is 6.20 Å². The number of benzene rings is 9. The van der Waals surface area contributed by atoms with Gasteiger partial charge in [-0.1, -0.05) is 146 Å². The van der Waals surface area contributed by atoms with Crippen LogP contribution in [0.1, 0.15) is 0 Å². The summed E-state index contributed by atoms with van der Waals surface area (Å²) in [6, 6.07) is 69.6. The predicted molar refractivity (Wildman–Crippen MR) is 231 cm³/mol. The molecule has 0 fully saturated rings. The molecule has 3 nitrogen and oxygen atoms in total. The molecule has 0 saturated carbocycles. The zero-order valence-corrected chi connectivity index (χ0v) is 29.9. The van der Waals surface area contributed by atoms with Gasteiger partial charge in [0, 0.05) is 32.8 Å². The molecule has 2 aromatic heterocycles. The highest BCUT2D eigenvalue weighted by atomic mass is 15.0. The number of hydrogen-bond donors (Lipinski definition) is 0. The Labute approximate surface area is 318 Å². The molecule has 256 valence electrons. The second-order valence-electron chi connectivity index (χ2n) is 14.2. The Morgan fingerprint density at radius 1 is 0.309 bits per heavy atom. The highest BCUT2D eigenvalue weighted by molar-refractivity contribution is 6.23. The van der Waals surface area contributed by atoms with Crippen LogP contribution in [0.3, 0.4) is 0 Å². The predicted octanol–water partition coefficient (Wildman–Crippen LogP) is 13.7. The van der Waals surface area contributed by atoms with Crippen LogP contribution in [-0.4, -0.2) is 14.5 Å². The maximum absolute atomic E-state index is 5.25. The third-order valence-electron chi connectivity index (χ3n) is 11.0.